The summed E-state index contributed by atoms with van der Waals surface area (Å²) in [6.07, 6.45) is -5.67. The number of halogens is 4. The smallest absolute Gasteiger partial charge is 0.387 e. The molecule has 122 valence electrons. The van der Waals surface area contributed by atoms with Crippen LogP contribution in [0.2, 0.25) is 5.02 Å². The van der Waals surface area contributed by atoms with Crippen LogP contribution in [0.3, 0.4) is 0 Å². The van der Waals surface area contributed by atoms with Crippen LogP contribution >= 0.6 is 11.6 Å². The summed E-state index contributed by atoms with van der Waals surface area (Å²) < 4.78 is 38.6. The number of nitrogens with one attached hydrogen (secondary N) is 1. The molecule has 0 aliphatic carbocycles. The molecule has 3 nitrogen and oxygen atoms in total. The Morgan fingerprint density at radius 1 is 1.13 bits per heavy atom. The zero-order valence-electron chi connectivity index (χ0n) is 11.8. The molecular formula is C16H13ClF3NO2. The molecule has 0 heterocycles. The lowest BCUT2D eigenvalue weighted by Gasteiger charge is -2.15. The standard InChI is InChI=1S/C16H13ClF3NO2/c17-11-7-5-10(6-8-11)14(22)9-21-15(23)12-3-1-2-4-13(12)16(18,19)20/h1-8,14,22H,9H2,(H,21,23). The van der Waals surface area contributed by atoms with E-state index >= 15 is 0 Å². The summed E-state index contributed by atoms with van der Waals surface area (Å²) in [6.45, 7) is -0.216. The van der Waals surface area contributed by atoms with Crippen LogP contribution in [0.25, 0.3) is 0 Å². The van der Waals surface area contributed by atoms with Gasteiger partial charge < -0.3 is 10.4 Å². The van der Waals surface area contributed by atoms with Gasteiger partial charge in [-0.25, -0.2) is 0 Å². The average molecular weight is 344 g/mol. The molecule has 0 fully saturated rings. The number of hydrogen-bond donors (Lipinski definition) is 2. The molecule has 2 aromatic carbocycles. The van der Waals surface area contributed by atoms with Gasteiger partial charge >= 0.3 is 6.18 Å². The van der Waals surface area contributed by atoms with Crippen molar-refractivity contribution in [2.75, 3.05) is 6.54 Å². The average Bonchev–Trinajstić information content (AvgIpc) is 2.52. The van der Waals surface area contributed by atoms with Gasteiger partial charge in [0, 0.05) is 11.6 Å². The fourth-order valence-corrected chi connectivity index (χ4v) is 2.14. The first-order chi connectivity index (χ1) is 10.8. The van der Waals surface area contributed by atoms with E-state index in [1.54, 1.807) is 24.3 Å². The van der Waals surface area contributed by atoms with Gasteiger partial charge in [0.2, 0.25) is 0 Å². The minimum absolute atomic E-state index is 0.216. The Bertz CT molecular complexity index is 686. The molecular weight excluding hydrogens is 331 g/mol. The normalized spacial score (nSPS) is 12.7. The van der Waals surface area contributed by atoms with Gasteiger partial charge in [-0.05, 0) is 29.8 Å². The maximum absolute atomic E-state index is 12.9. The van der Waals surface area contributed by atoms with Crippen molar-refractivity contribution in [3.05, 3.63) is 70.2 Å². The largest absolute Gasteiger partial charge is 0.417 e. The van der Waals surface area contributed by atoms with E-state index in [-0.39, 0.29) is 6.54 Å². The minimum atomic E-state index is -4.62. The molecule has 0 saturated heterocycles. The van der Waals surface area contributed by atoms with Crippen molar-refractivity contribution < 1.29 is 23.1 Å². The van der Waals surface area contributed by atoms with E-state index in [1.807, 2.05) is 0 Å². The maximum atomic E-state index is 12.9. The quantitative estimate of drug-likeness (QED) is 0.886. The van der Waals surface area contributed by atoms with Gasteiger partial charge in [0.15, 0.2) is 0 Å². The molecule has 2 rings (SSSR count). The number of carbonyl (C=O) groups is 1. The molecule has 0 radical (unpaired) electrons. The number of hydrogen-bond acceptors (Lipinski definition) is 2. The lowest BCUT2D eigenvalue weighted by molar-refractivity contribution is -0.137. The summed E-state index contributed by atoms with van der Waals surface area (Å²) in [6, 6.07) is 10.8. The van der Waals surface area contributed by atoms with Crippen molar-refractivity contribution in [3.63, 3.8) is 0 Å². The van der Waals surface area contributed by atoms with Gasteiger partial charge in [-0.3, -0.25) is 4.79 Å². The molecule has 1 amide bonds. The summed E-state index contributed by atoms with van der Waals surface area (Å²) in [5.41, 5.74) is -0.999. The van der Waals surface area contributed by atoms with E-state index < -0.39 is 29.3 Å². The Labute approximate surface area is 135 Å². The van der Waals surface area contributed by atoms with Gasteiger partial charge in [-0.15, -0.1) is 0 Å². The van der Waals surface area contributed by atoms with E-state index in [2.05, 4.69) is 5.32 Å². The third kappa shape index (κ3) is 4.46. The topological polar surface area (TPSA) is 49.3 Å². The maximum Gasteiger partial charge on any atom is 0.417 e. The van der Waals surface area contributed by atoms with E-state index in [1.165, 1.54) is 12.1 Å². The van der Waals surface area contributed by atoms with Crippen LogP contribution < -0.4 is 5.32 Å². The molecule has 2 N–H and O–H groups in total. The highest BCUT2D eigenvalue weighted by molar-refractivity contribution is 6.30. The van der Waals surface area contributed by atoms with Crippen LogP contribution in [0.5, 0.6) is 0 Å². The Balaban J connectivity index is 2.07. The minimum Gasteiger partial charge on any atom is -0.387 e. The van der Waals surface area contributed by atoms with Crippen LogP contribution in [0.4, 0.5) is 13.2 Å². The molecule has 0 spiro atoms. The Hall–Kier alpha value is -2.05. The predicted octanol–water partition coefficient (Wildman–Crippen LogP) is 3.82. The summed E-state index contributed by atoms with van der Waals surface area (Å²) in [7, 11) is 0. The van der Waals surface area contributed by atoms with Crippen LogP contribution in [-0.2, 0) is 6.18 Å². The van der Waals surface area contributed by atoms with Crippen LogP contribution in [0.1, 0.15) is 27.6 Å². The molecule has 0 aromatic heterocycles. The first-order valence-corrected chi connectivity index (χ1v) is 7.05. The number of benzene rings is 2. The number of carbonyl (C=O) groups excluding carboxylic acids is 1. The van der Waals surface area contributed by atoms with Gasteiger partial charge in [-0.2, -0.15) is 13.2 Å². The van der Waals surface area contributed by atoms with Crippen molar-refractivity contribution in [2.45, 2.75) is 12.3 Å². The zero-order chi connectivity index (χ0) is 17.0. The monoisotopic (exact) mass is 343 g/mol. The number of amides is 1. The highest BCUT2D eigenvalue weighted by atomic mass is 35.5. The molecule has 23 heavy (non-hydrogen) atoms. The third-order valence-corrected chi connectivity index (χ3v) is 3.44. The number of alkyl halides is 3. The van der Waals surface area contributed by atoms with Gasteiger partial charge in [0.05, 0.1) is 17.2 Å². The molecule has 0 aliphatic rings. The molecule has 7 heteroatoms. The van der Waals surface area contributed by atoms with Gasteiger partial charge in [-0.1, -0.05) is 35.9 Å². The van der Waals surface area contributed by atoms with Crippen LogP contribution in [-0.4, -0.2) is 17.6 Å². The molecule has 0 saturated carbocycles. The fourth-order valence-electron chi connectivity index (χ4n) is 2.02. The van der Waals surface area contributed by atoms with Gasteiger partial charge in [0.1, 0.15) is 0 Å². The van der Waals surface area contributed by atoms with Gasteiger partial charge in [0.25, 0.3) is 5.91 Å². The zero-order valence-corrected chi connectivity index (χ0v) is 12.5. The van der Waals surface area contributed by atoms with E-state index in [9.17, 15) is 23.1 Å². The number of rotatable bonds is 4. The molecule has 1 unspecified atom stereocenters. The van der Waals surface area contributed by atoms with E-state index in [4.69, 9.17) is 11.6 Å². The van der Waals surface area contributed by atoms with E-state index in [0.717, 1.165) is 12.1 Å². The highest BCUT2D eigenvalue weighted by Crippen LogP contribution is 2.31. The lowest BCUT2D eigenvalue weighted by atomic mass is 10.1. The van der Waals surface area contributed by atoms with Crippen molar-refractivity contribution in [1.82, 2.24) is 5.32 Å². The molecule has 1 atom stereocenters. The lowest BCUT2D eigenvalue weighted by Crippen LogP contribution is -2.30. The molecule has 0 bridgehead atoms. The first kappa shape index (κ1) is 17.3. The Morgan fingerprint density at radius 2 is 1.74 bits per heavy atom. The summed E-state index contributed by atoms with van der Waals surface area (Å²) in [5.74, 6) is -0.897. The number of aliphatic hydroxyl groups is 1. The summed E-state index contributed by atoms with van der Waals surface area (Å²) >= 11 is 5.73. The fraction of sp³-hybridized carbons (Fsp3) is 0.188. The van der Waals surface area contributed by atoms with Crippen molar-refractivity contribution >= 4 is 17.5 Å². The Kier molecular flexibility index (Phi) is 5.28. The van der Waals surface area contributed by atoms with Crippen LogP contribution in [0, 0.1) is 0 Å². The SMILES string of the molecule is O=C(NCC(O)c1ccc(Cl)cc1)c1ccccc1C(F)(F)F. The van der Waals surface area contributed by atoms with Crippen molar-refractivity contribution in [1.29, 1.82) is 0 Å². The second-order valence-electron chi connectivity index (χ2n) is 4.82. The summed E-state index contributed by atoms with van der Waals surface area (Å²) in [4.78, 5) is 12.0. The molecule has 2 aromatic rings. The predicted molar refractivity (Wildman–Crippen MR) is 80.2 cm³/mol. The molecule has 0 aliphatic heterocycles. The van der Waals surface area contributed by atoms with Crippen molar-refractivity contribution in [3.8, 4) is 0 Å². The first-order valence-electron chi connectivity index (χ1n) is 6.67. The van der Waals surface area contributed by atoms with Crippen molar-refractivity contribution in [2.24, 2.45) is 0 Å². The second-order valence-corrected chi connectivity index (χ2v) is 5.26. The Morgan fingerprint density at radius 3 is 2.35 bits per heavy atom. The third-order valence-electron chi connectivity index (χ3n) is 3.19. The van der Waals surface area contributed by atoms with E-state index in [0.29, 0.717) is 10.6 Å². The van der Waals surface area contributed by atoms with Crippen LogP contribution in [0.15, 0.2) is 48.5 Å². The second kappa shape index (κ2) is 7.02. The highest BCUT2D eigenvalue weighted by Gasteiger charge is 2.34. The number of aliphatic hydroxyl groups excluding tert-OH is 1. The summed E-state index contributed by atoms with van der Waals surface area (Å²) in [5, 5.41) is 12.7.